The average Bonchev–Trinajstić information content (AvgIpc) is 2.86. The standard InChI is InChI=1S/C13H6F18N2OS2/c14-6(15,7(16,17)8(18,19)11(24,25)26)1-2-32-3(35)4(36)33(5(32)34)13(30,31)10(22,23)9(20,21)12(27,28)29/h35-36H,1-2H2. The van der Waals surface area contributed by atoms with E-state index >= 15 is 0 Å². The average molecular weight is 612 g/mol. The van der Waals surface area contributed by atoms with Crippen LogP contribution in [0.1, 0.15) is 6.42 Å². The van der Waals surface area contributed by atoms with E-state index in [1.165, 1.54) is 0 Å². The van der Waals surface area contributed by atoms with Gasteiger partial charge in [-0.25, -0.2) is 9.36 Å². The molecule has 36 heavy (non-hydrogen) atoms. The van der Waals surface area contributed by atoms with Gasteiger partial charge in [0, 0.05) is 13.0 Å². The first-order valence-corrected chi connectivity index (χ1v) is 8.99. The van der Waals surface area contributed by atoms with Crippen LogP contribution in [0.4, 0.5) is 79.0 Å². The van der Waals surface area contributed by atoms with Crippen molar-refractivity contribution in [2.24, 2.45) is 0 Å². The van der Waals surface area contributed by atoms with Crippen LogP contribution >= 0.6 is 25.3 Å². The number of hydrogen-bond acceptors (Lipinski definition) is 3. The third-order valence-corrected chi connectivity index (χ3v) is 5.40. The lowest BCUT2D eigenvalue weighted by Crippen LogP contribution is -2.63. The monoisotopic (exact) mass is 612 g/mol. The van der Waals surface area contributed by atoms with Crippen LogP contribution in [0.25, 0.3) is 0 Å². The summed E-state index contributed by atoms with van der Waals surface area (Å²) in [4.78, 5) is 11.9. The highest BCUT2D eigenvalue weighted by atomic mass is 32.1. The second kappa shape index (κ2) is 8.75. The van der Waals surface area contributed by atoms with Gasteiger partial charge < -0.3 is 0 Å². The zero-order valence-electron chi connectivity index (χ0n) is 15.9. The Morgan fingerprint density at radius 2 is 0.917 bits per heavy atom. The van der Waals surface area contributed by atoms with Crippen LogP contribution in [-0.4, -0.2) is 51.1 Å². The van der Waals surface area contributed by atoms with Gasteiger partial charge in [-0.1, -0.05) is 0 Å². The van der Waals surface area contributed by atoms with Gasteiger partial charge in [-0.3, -0.25) is 4.57 Å². The van der Waals surface area contributed by atoms with E-state index in [0.29, 0.717) is 0 Å². The van der Waals surface area contributed by atoms with Crippen molar-refractivity contribution in [3.05, 3.63) is 10.5 Å². The van der Waals surface area contributed by atoms with Crippen molar-refractivity contribution in [1.82, 2.24) is 9.13 Å². The number of imidazole rings is 1. The molecule has 0 fully saturated rings. The second-order valence-electron chi connectivity index (χ2n) is 6.71. The predicted molar refractivity (Wildman–Crippen MR) is 84.8 cm³/mol. The van der Waals surface area contributed by atoms with E-state index in [9.17, 15) is 83.8 Å². The number of rotatable bonds is 8. The molecule has 0 aliphatic carbocycles. The smallest absolute Gasteiger partial charge is 0.286 e. The lowest BCUT2D eigenvalue weighted by atomic mass is 10.0. The largest absolute Gasteiger partial charge is 0.460 e. The molecule has 0 aliphatic heterocycles. The summed E-state index contributed by atoms with van der Waals surface area (Å²) in [5, 5.41) is -3.71. The third-order valence-electron chi connectivity index (χ3n) is 4.36. The molecule has 1 heterocycles. The predicted octanol–water partition coefficient (Wildman–Crippen LogP) is 6.47. The minimum absolute atomic E-state index is 0.836. The molecule has 0 atom stereocenters. The quantitative estimate of drug-likeness (QED) is 0.256. The minimum Gasteiger partial charge on any atom is -0.286 e. The number of hydrogen-bond donors (Lipinski definition) is 2. The highest BCUT2D eigenvalue weighted by Crippen LogP contribution is 2.56. The van der Waals surface area contributed by atoms with E-state index in [2.05, 4.69) is 25.3 Å². The van der Waals surface area contributed by atoms with Crippen LogP contribution in [0, 0.1) is 0 Å². The van der Waals surface area contributed by atoms with Crippen molar-refractivity contribution in [2.45, 2.75) is 71.0 Å². The summed E-state index contributed by atoms with van der Waals surface area (Å²) in [6.07, 6.45) is -17.6. The van der Waals surface area contributed by atoms with Crippen LogP contribution in [0.5, 0.6) is 0 Å². The summed E-state index contributed by atoms with van der Waals surface area (Å²) in [6.45, 7) is -2.30. The van der Waals surface area contributed by atoms with Crippen molar-refractivity contribution < 1.29 is 79.0 Å². The fraction of sp³-hybridized carbons (Fsp3) is 0.769. The molecule has 0 saturated carbocycles. The highest BCUT2D eigenvalue weighted by Gasteiger charge is 2.83. The molecule has 3 nitrogen and oxygen atoms in total. The van der Waals surface area contributed by atoms with Gasteiger partial charge in [0.05, 0.1) is 0 Å². The Morgan fingerprint density at radius 3 is 1.28 bits per heavy atom. The Hall–Kier alpha value is -1.55. The van der Waals surface area contributed by atoms with Gasteiger partial charge in [0.2, 0.25) is 0 Å². The van der Waals surface area contributed by atoms with Crippen LogP contribution < -0.4 is 5.69 Å². The number of alkyl halides is 18. The second-order valence-corrected chi connectivity index (χ2v) is 7.55. The molecular formula is C13H6F18N2OS2. The summed E-state index contributed by atoms with van der Waals surface area (Å²) in [7, 11) is 0. The summed E-state index contributed by atoms with van der Waals surface area (Å²) in [5.74, 6) is -36.1. The SMILES string of the molecule is O=c1n(CCC(F)(F)C(F)(F)C(F)(F)C(F)(F)F)c(S)c(S)n1C(F)(F)C(F)(F)C(F)(F)C(F)(F)F. The molecule has 23 heteroatoms. The topological polar surface area (TPSA) is 26.9 Å². The Labute approximate surface area is 195 Å². The maximum Gasteiger partial charge on any atom is 0.460 e. The summed E-state index contributed by atoms with van der Waals surface area (Å²) in [6, 6.07) is -6.89. The first-order chi connectivity index (χ1) is 15.4. The molecule has 212 valence electrons. The summed E-state index contributed by atoms with van der Waals surface area (Å²) in [5.41, 5.74) is -2.94. The molecule has 0 unspecified atom stereocenters. The van der Waals surface area contributed by atoms with Gasteiger partial charge in [-0.15, -0.1) is 25.3 Å². The molecule has 0 radical (unpaired) electrons. The third kappa shape index (κ3) is 4.50. The number of halogens is 18. The normalized spacial score (nSPS) is 15.6. The van der Waals surface area contributed by atoms with Crippen molar-refractivity contribution in [1.29, 1.82) is 0 Å². The molecule has 0 amide bonds. The van der Waals surface area contributed by atoms with Crippen LogP contribution in [0.3, 0.4) is 0 Å². The van der Waals surface area contributed by atoms with Gasteiger partial charge in [0.1, 0.15) is 10.1 Å². The van der Waals surface area contributed by atoms with Gasteiger partial charge in [0.15, 0.2) is 0 Å². The van der Waals surface area contributed by atoms with E-state index < -0.39 is 85.9 Å². The minimum atomic E-state index is -7.56. The van der Waals surface area contributed by atoms with Crippen molar-refractivity contribution in [2.75, 3.05) is 0 Å². The van der Waals surface area contributed by atoms with Crippen molar-refractivity contribution >= 4 is 25.3 Å². The Morgan fingerprint density at radius 1 is 0.556 bits per heavy atom. The molecule has 1 rings (SSSR count). The number of aromatic nitrogens is 2. The first kappa shape index (κ1) is 32.5. The molecule has 1 aromatic heterocycles. The first-order valence-electron chi connectivity index (χ1n) is 8.09. The van der Waals surface area contributed by atoms with Crippen molar-refractivity contribution in [3.63, 3.8) is 0 Å². The maximum absolute atomic E-state index is 14.1. The van der Waals surface area contributed by atoms with Crippen LogP contribution in [-0.2, 0) is 12.6 Å². The van der Waals surface area contributed by atoms with Crippen LogP contribution in [0.15, 0.2) is 14.8 Å². The fourth-order valence-corrected chi connectivity index (χ4v) is 2.92. The van der Waals surface area contributed by atoms with E-state index in [1.807, 2.05) is 0 Å². The van der Waals surface area contributed by atoms with Gasteiger partial charge in [-0.05, 0) is 0 Å². The van der Waals surface area contributed by atoms with Gasteiger partial charge >= 0.3 is 53.7 Å². The molecule has 0 aliphatic rings. The van der Waals surface area contributed by atoms with E-state index in [4.69, 9.17) is 0 Å². The summed E-state index contributed by atoms with van der Waals surface area (Å²) < 4.78 is 231. The number of thiol groups is 2. The Kier molecular flexibility index (Phi) is 7.89. The Bertz CT molecular complexity index is 1030. The van der Waals surface area contributed by atoms with E-state index in [1.54, 1.807) is 0 Å². The van der Waals surface area contributed by atoms with Crippen LogP contribution in [0.2, 0.25) is 0 Å². The molecule has 1 aromatic rings. The lowest BCUT2D eigenvalue weighted by Gasteiger charge is -2.34. The number of nitrogens with zero attached hydrogens (tertiary/aromatic N) is 2. The molecule has 0 bridgehead atoms. The molecular weight excluding hydrogens is 606 g/mol. The fourth-order valence-electron chi connectivity index (χ4n) is 2.30. The van der Waals surface area contributed by atoms with Gasteiger partial charge in [0.25, 0.3) is 0 Å². The van der Waals surface area contributed by atoms with Crippen molar-refractivity contribution in [3.8, 4) is 0 Å². The van der Waals surface area contributed by atoms with Gasteiger partial charge in [-0.2, -0.15) is 79.0 Å². The summed E-state index contributed by atoms with van der Waals surface area (Å²) >= 11 is 6.00. The Balaban J connectivity index is 3.57. The highest BCUT2D eigenvalue weighted by molar-refractivity contribution is 7.83. The zero-order valence-corrected chi connectivity index (χ0v) is 17.7. The van der Waals surface area contributed by atoms with E-state index in [0.717, 1.165) is 0 Å². The molecule has 0 spiro atoms. The molecule has 0 saturated heterocycles. The molecule has 0 N–H and O–H groups in total. The zero-order chi connectivity index (χ0) is 29.3. The molecule has 0 aromatic carbocycles. The maximum atomic E-state index is 14.1. The van der Waals surface area contributed by atoms with E-state index in [-0.39, 0.29) is 0 Å². The lowest BCUT2D eigenvalue weighted by molar-refractivity contribution is -0.415.